The second-order valence-corrected chi connectivity index (χ2v) is 8.17. The van der Waals surface area contributed by atoms with Gasteiger partial charge in [0.2, 0.25) is 0 Å². The van der Waals surface area contributed by atoms with Crippen LogP contribution in [0.1, 0.15) is 13.8 Å². The molecule has 0 aliphatic carbocycles. The summed E-state index contributed by atoms with van der Waals surface area (Å²) in [6.45, 7) is 2.41. The molecule has 0 bridgehead atoms. The summed E-state index contributed by atoms with van der Waals surface area (Å²) >= 11 is 6.11. The smallest absolute Gasteiger partial charge is 0.324 e. The predicted octanol–water partition coefficient (Wildman–Crippen LogP) is 1.79. The number of thiophene rings is 1. The maximum Gasteiger partial charge on any atom is 0.324 e. The lowest BCUT2D eigenvalue weighted by atomic mass is 10.1. The molecule has 0 saturated heterocycles. The number of carboxylic acids is 1. The van der Waals surface area contributed by atoms with Gasteiger partial charge < -0.3 is 5.11 Å². The van der Waals surface area contributed by atoms with Gasteiger partial charge in [-0.15, -0.1) is 11.3 Å². The molecule has 0 radical (unpaired) electrons. The number of aliphatic carboxylic acids is 1. The van der Waals surface area contributed by atoms with Crippen LogP contribution in [0.2, 0.25) is 4.34 Å². The van der Waals surface area contributed by atoms with E-state index in [9.17, 15) is 23.3 Å². The maximum absolute atomic E-state index is 12.3. The fraction of sp³-hybridized carbons (Fsp3) is 0.444. The van der Waals surface area contributed by atoms with Gasteiger partial charge in [0.25, 0.3) is 15.7 Å². The zero-order valence-electron chi connectivity index (χ0n) is 10.7. The summed E-state index contributed by atoms with van der Waals surface area (Å²) in [5.41, 5.74) is -2.24. The van der Waals surface area contributed by atoms with Crippen LogP contribution in [0.15, 0.2) is 10.3 Å². The van der Waals surface area contributed by atoms with Crippen molar-refractivity contribution in [2.75, 3.05) is 7.05 Å². The molecule has 1 heterocycles. The number of carboxylic acid groups (broad SMARTS) is 1. The van der Waals surface area contributed by atoms with Crippen molar-refractivity contribution in [1.82, 2.24) is 4.31 Å². The van der Waals surface area contributed by atoms with Crippen LogP contribution in [-0.2, 0) is 14.8 Å². The Kier molecular flexibility index (Phi) is 4.44. The number of hydrogen-bond acceptors (Lipinski definition) is 6. The average Bonchev–Trinajstić information content (AvgIpc) is 2.70. The maximum atomic E-state index is 12.3. The summed E-state index contributed by atoms with van der Waals surface area (Å²) in [6.07, 6.45) is 0. The van der Waals surface area contributed by atoms with E-state index in [1.54, 1.807) is 0 Å². The molecule has 0 saturated carbocycles. The Morgan fingerprint density at radius 3 is 2.40 bits per heavy atom. The van der Waals surface area contributed by atoms with Crippen molar-refractivity contribution < 1.29 is 23.2 Å². The molecule has 8 nitrogen and oxygen atoms in total. The van der Waals surface area contributed by atoms with Gasteiger partial charge in [-0.05, 0) is 13.8 Å². The minimum absolute atomic E-state index is 0.282. The summed E-state index contributed by atoms with van der Waals surface area (Å²) in [6, 6.07) is 0.816. The highest BCUT2D eigenvalue weighted by Crippen LogP contribution is 2.38. The molecule has 11 heteroatoms. The highest BCUT2D eigenvalue weighted by atomic mass is 35.5. The Morgan fingerprint density at radius 1 is 1.55 bits per heavy atom. The van der Waals surface area contributed by atoms with E-state index in [1.165, 1.54) is 13.8 Å². The topological polar surface area (TPSA) is 118 Å². The largest absolute Gasteiger partial charge is 0.480 e. The Balaban J connectivity index is 3.34. The minimum atomic E-state index is -4.19. The molecule has 0 aromatic carbocycles. The van der Waals surface area contributed by atoms with Gasteiger partial charge in [-0.2, -0.15) is 4.31 Å². The molecule has 0 unspecified atom stereocenters. The van der Waals surface area contributed by atoms with Crippen molar-refractivity contribution in [2.45, 2.75) is 23.6 Å². The molecule has 1 rings (SSSR count). The van der Waals surface area contributed by atoms with E-state index in [1.807, 2.05) is 0 Å². The predicted molar refractivity (Wildman–Crippen MR) is 72.6 cm³/mol. The van der Waals surface area contributed by atoms with Gasteiger partial charge in [0.1, 0.15) is 9.75 Å². The molecular formula is C9H11ClN2O6S2. The van der Waals surface area contributed by atoms with E-state index in [-0.39, 0.29) is 8.55 Å². The first kappa shape index (κ1) is 16.8. The van der Waals surface area contributed by atoms with E-state index in [0.29, 0.717) is 15.6 Å². The van der Waals surface area contributed by atoms with E-state index < -0.39 is 32.1 Å². The van der Waals surface area contributed by atoms with Gasteiger partial charge in [-0.1, -0.05) is 11.6 Å². The molecule has 1 aromatic rings. The van der Waals surface area contributed by atoms with E-state index in [4.69, 9.17) is 16.7 Å². The Bertz CT molecular complexity index is 666. The van der Waals surface area contributed by atoms with Crippen LogP contribution < -0.4 is 0 Å². The molecule has 1 aromatic heterocycles. The highest BCUT2D eigenvalue weighted by molar-refractivity contribution is 7.91. The number of rotatable bonds is 5. The molecule has 0 aliphatic heterocycles. The lowest BCUT2D eigenvalue weighted by Gasteiger charge is -2.29. The zero-order chi connectivity index (χ0) is 15.9. The second-order valence-electron chi connectivity index (χ2n) is 4.32. The van der Waals surface area contributed by atoms with Crippen LogP contribution in [0.3, 0.4) is 0 Å². The number of hydrogen-bond donors (Lipinski definition) is 1. The molecular weight excluding hydrogens is 332 g/mol. The minimum Gasteiger partial charge on any atom is -0.480 e. The highest BCUT2D eigenvalue weighted by Gasteiger charge is 2.41. The fourth-order valence-corrected chi connectivity index (χ4v) is 4.47. The van der Waals surface area contributed by atoms with E-state index in [2.05, 4.69) is 0 Å². The number of sulfonamides is 1. The van der Waals surface area contributed by atoms with Gasteiger partial charge in [0.05, 0.1) is 4.92 Å². The monoisotopic (exact) mass is 342 g/mol. The number of carbonyl (C=O) groups is 1. The number of halogens is 1. The third-order valence-electron chi connectivity index (χ3n) is 2.77. The molecule has 0 aliphatic rings. The fourth-order valence-electron chi connectivity index (χ4n) is 1.16. The first-order valence-electron chi connectivity index (χ1n) is 5.08. The normalized spacial score (nSPS) is 12.7. The number of nitrogens with zero attached hydrogens (tertiary/aromatic N) is 2. The van der Waals surface area contributed by atoms with Crippen molar-refractivity contribution in [3.8, 4) is 0 Å². The van der Waals surface area contributed by atoms with Gasteiger partial charge in [0, 0.05) is 13.1 Å². The van der Waals surface area contributed by atoms with Crippen LogP contribution in [0.25, 0.3) is 0 Å². The van der Waals surface area contributed by atoms with Crippen molar-refractivity contribution >= 4 is 44.6 Å². The Hall–Kier alpha value is -1.23. The van der Waals surface area contributed by atoms with Crippen LogP contribution in [0, 0.1) is 10.1 Å². The third kappa shape index (κ3) is 2.77. The third-order valence-corrected chi connectivity index (χ3v) is 6.59. The van der Waals surface area contributed by atoms with Crippen LogP contribution in [-0.4, -0.2) is 41.3 Å². The lowest BCUT2D eigenvalue weighted by molar-refractivity contribution is -0.384. The lowest BCUT2D eigenvalue weighted by Crippen LogP contribution is -2.50. The van der Waals surface area contributed by atoms with Crippen LogP contribution in [0.4, 0.5) is 5.69 Å². The standard InChI is InChI=1S/C9H11ClN2O6S2/c1-9(2,8(13)14)11(3)20(17,18)6-4-5(12(15)16)7(10)19-6/h4H,1-3H3,(H,13,14). The van der Waals surface area contributed by atoms with E-state index in [0.717, 1.165) is 13.1 Å². The Morgan fingerprint density at radius 2 is 2.05 bits per heavy atom. The van der Waals surface area contributed by atoms with Crippen molar-refractivity contribution in [3.05, 3.63) is 20.5 Å². The number of nitro groups is 1. The van der Waals surface area contributed by atoms with Crippen molar-refractivity contribution in [3.63, 3.8) is 0 Å². The van der Waals surface area contributed by atoms with Crippen LogP contribution in [0.5, 0.6) is 0 Å². The molecule has 20 heavy (non-hydrogen) atoms. The molecule has 0 atom stereocenters. The number of likely N-dealkylation sites (N-methyl/N-ethyl adjacent to an activating group) is 1. The van der Waals surface area contributed by atoms with Crippen molar-refractivity contribution in [1.29, 1.82) is 0 Å². The van der Waals surface area contributed by atoms with Gasteiger partial charge in [-0.25, -0.2) is 8.42 Å². The van der Waals surface area contributed by atoms with Gasteiger partial charge in [-0.3, -0.25) is 14.9 Å². The second kappa shape index (κ2) is 5.28. The Labute approximate surface area is 123 Å². The molecule has 0 amide bonds. The summed E-state index contributed by atoms with van der Waals surface area (Å²) < 4.78 is 24.5. The van der Waals surface area contributed by atoms with Crippen molar-refractivity contribution in [2.24, 2.45) is 0 Å². The summed E-state index contributed by atoms with van der Waals surface area (Å²) in [4.78, 5) is 20.9. The first-order chi connectivity index (χ1) is 8.92. The summed E-state index contributed by atoms with van der Waals surface area (Å²) in [5, 5.41) is 19.7. The zero-order valence-corrected chi connectivity index (χ0v) is 13.0. The summed E-state index contributed by atoms with van der Waals surface area (Å²) in [7, 11) is -3.11. The van der Waals surface area contributed by atoms with Gasteiger partial charge >= 0.3 is 5.97 Å². The molecule has 112 valence electrons. The average molecular weight is 343 g/mol. The van der Waals surface area contributed by atoms with E-state index >= 15 is 0 Å². The van der Waals surface area contributed by atoms with Gasteiger partial charge in [0.15, 0.2) is 4.34 Å². The SMILES string of the molecule is CN(C(C)(C)C(=O)O)S(=O)(=O)c1cc([N+](=O)[O-])c(Cl)s1. The molecule has 1 N–H and O–H groups in total. The molecule has 0 spiro atoms. The summed E-state index contributed by atoms with van der Waals surface area (Å²) in [5.74, 6) is -1.35. The molecule has 0 fully saturated rings. The first-order valence-corrected chi connectivity index (χ1v) is 7.72. The van der Waals surface area contributed by atoms with Crippen LogP contribution >= 0.6 is 22.9 Å². The quantitative estimate of drug-likeness (QED) is 0.643.